The van der Waals surface area contributed by atoms with Crippen molar-refractivity contribution in [2.75, 3.05) is 20.2 Å². The molecule has 0 bridgehead atoms. The van der Waals surface area contributed by atoms with Crippen LogP contribution >= 0.6 is 0 Å². The Morgan fingerprint density at radius 3 is 2.81 bits per heavy atom. The molecule has 2 fully saturated rings. The van der Waals surface area contributed by atoms with Gasteiger partial charge >= 0.3 is 0 Å². The van der Waals surface area contributed by atoms with Gasteiger partial charge in [0.1, 0.15) is 5.75 Å². The van der Waals surface area contributed by atoms with Gasteiger partial charge in [-0.1, -0.05) is 0 Å². The number of rotatable bonds is 5. The van der Waals surface area contributed by atoms with Crippen molar-refractivity contribution < 1.29 is 4.74 Å². The van der Waals surface area contributed by atoms with Crippen LogP contribution in [0.1, 0.15) is 49.0 Å². The molecule has 0 amide bonds. The fraction of sp³-hybridized carbons (Fsp3) is 0.526. The molecule has 1 saturated heterocycles. The summed E-state index contributed by atoms with van der Waals surface area (Å²) in [5.41, 5.74) is 2.60. The maximum atomic E-state index is 5.40. The first kappa shape index (κ1) is 15.8. The van der Waals surface area contributed by atoms with E-state index in [4.69, 9.17) is 4.74 Å². The summed E-state index contributed by atoms with van der Waals surface area (Å²) in [6.45, 7) is 3.02. The number of likely N-dealkylation sites (tertiary alicyclic amines) is 1. The van der Waals surface area contributed by atoms with Crippen molar-refractivity contribution in [2.24, 2.45) is 0 Å². The molecule has 1 aromatic carbocycles. The van der Waals surface area contributed by atoms with Gasteiger partial charge in [0.15, 0.2) is 5.82 Å². The Bertz CT molecular complexity index is 904. The first-order chi connectivity index (χ1) is 12.8. The first-order valence-electron chi connectivity index (χ1n) is 9.46. The Morgan fingerprint density at radius 2 is 2.04 bits per heavy atom. The van der Waals surface area contributed by atoms with Gasteiger partial charge in [-0.15, -0.1) is 5.10 Å². The van der Waals surface area contributed by atoms with Crippen molar-refractivity contribution >= 4 is 10.9 Å². The number of methoxy groups -OCH3 is 1. The van der Waals surface area contributed by atoms with Gasteiger partial charge in [0.2, 0.25) is 0 Å². The highest BCUT2D eigenvalue weighted by molar-refractivity contribution is 5.85. The van der Waals surface area contributed by atoms with Crippen molar-refractivity contribution in [1.29, 1.82) is 0 Å². The van der Waals surface area contributed by atoms with E-state index in [0.717, 1.165) is 44.0 Å². The van der Waals surface area contributed by atoms with Crippen molar-refractivity contribution in [3.63, 3.8) is 0 Å². The molecule has 3 heterocycles. The number of H-pyrrole nitrogens is 1. The van der Waals surface area contributed by atoms with Gasteiger partial charge in [-0.2, -0.15) is 0 Å². The van der Waals surface area contributed by atoms with Crippen LogP contribution in [-0.4, -0.2) is 50.3 Å². The maximum Gasteiger partial charge on any atom is 0.165 e. The summed E-state index contributed by atoms with van der Waals surface area (Å²) < 4.78 is 7.43. The predicted molar refractivity (Wildman–Crippen MR) is 98.2 cm³/mol. The quantitative estimate of drug-likeness (QED) is 0.764. The minimum Gasteiger partial charge on any atom is -0.497 e. The maximum absolute atomic E-state index is 5.40. The first-order valence-corrected chi connectivity index (χ1v) is 9.46. The Hall–Kier alpha value is -2.41. The van der Waals surface area contributed by atoms with Gasteiger partial charge < -0.3 is 9.72 Å². The third kappa shape index (κ3) is 2.86. The second-order valence-corrected chi connectivity index (χ2v) is 7.48. The van der Waals surface area contributed by atoms with Crippen LogP contribution in [0.5, 0.6) is 5.75 Å². The highest BCUT2D eigenvalue weighted by Crippen LogP contribution is 2.36. The lowest BCUT2D eigenvalue weighted by Crippen LogP contribution is -2.33. The number of aromatic nitrogens is 5. The van der Waals surface area contributed by atoms with E-state index < -0.39 is 0 Å². The molecular formula is C19H24N6O. The number of benzene rings is 1. The van der Waals surface area contributed by atoms with Gasteiger partial charge in [-0.25, -0.2) is 4.68 Å². The summed E-state index contributed by atoms with van der Waals surface area (Å²) in [5.74, 6) is 2.53. The number of nitrogens with one attached hydrogen (secondary N) is 1. The van der Waals surface area contributed by atoms with Crippen molar-refractivity contribution in [1.82, 2.24) is 30.1 Å². The topological polar surface area (TPSA) is 71.9 Å². The van der Waals surface area contributed by atoms with Crippen molar-refractivity contribution in [3.8, 4) is 5.75 Å². The van der Waals surface area contributed by atoms with E-state index in [-0.39, 0.29) is 0 Å². The average molecular weight is 352 g/mol. The van der Waals surface area contributed by atoms with Crippen LogP contribution in [0.25, 0.3) is 10.9 Å². The number of hydrogen-bond acceptors (Lipinski definition) is 5. The highest BCUT2D eigenvalue weighted by atomic mass is 16.5. The molecule has 0 unspecified atom stereocenters. The van der Waals surface area contributed by atoms with E-state index in [9.17, 15) is 0 Å². The van der Waals surface area contributed by atoms with Gasteiger partial charge in [0, 0.05) is 17.1 Å². The number of fused-ring (bicyclic) bond motifs is 1. The Balaban J connectivity index is 1.27. The summed E-state index contributed by atoms with van der Waals surface area (Å²) in [7, 11) is 1.72. The fourth-order valence-electron chi connectivity index (χ4n) is 4.11. The second kappa shape index (κ2) is 6.39. The smallest absolute Gasteiger partial charge is 0.165 e. The molecule has 7 heteroatoms. The lowest BCUT2D eigenvalue weighted by atomic mass is 9.89. The number of tetrazole rings is 1. The molecule has 2 aromatic heterocycles. The van der Waals surface area contributed by atoms with E-state index in [0.29, 0.717) is 12.0 Å². The number of ether oxygens (including phenoxy) is 1. The highest BCUT2D eigenvalue weighted by Gasteiger charge is 2.29. The predicted octanol–water partition coefficient (Wildman–Crippen LogP) is 2.88. The normalized spacial score (nSPS) is 19.3. The molecule has 5 rings (SSSR count). The van der Waals surface area contributed by atoms with Gasteiger partial charge in [-0.3, -0.25) is 4.90 Å². The zero-order valence-electron chi connectivity index (χ0n) is 15.1. The van der Waals surface area contributed by atoms with E-state index >= 15 is 0 Å². The number of nitrogens with zero attached hydrogens (tertiary/aromatic N) is 5. The largest absolute Gasteiger partial charge is 0.497 e. The van der Waals surface area contributed by atoms with E-state index in [1.165, 1.54) is 29.3 Å². The van der Waals surface area contributed by atoms with Crippen LogP contribution in [0.15, 0.2) is 24.4 Å². The van der Waals surface area contributed by atoms with E-state index in [1.54, 1.807) is 7.11 Å². The molecule has 26 heavy (non-hydrogen) atoms. The summed E-state index contributed by atoms with van der Waals surface area (Å²) in [6.07, 6.45) is 6.93. The van der Waals surface area contributed by atoms with Gasteiger partial charge in [0.25, 0.3) is 0 Å². The molecule has 2 aliphatic rings. The van der Waals surface area contributed by atoms with Gasteiger partial charge in [-0.05, 0) is 78.9 Å². The number of aromatic amines is 1. The molecule has 3 aromatic rings. The van der Waals surface area contributed by atoms with E-state index in [2.05, 4.69) is 43.7 Å². The zero-order valence-corrected chi connectivity index (χ0v) is 15.1. The summed E-state index contributed by atoms with van der Waals surface area (Å²) >= 11 is 0. The molecule has 1 aliphatic carbocycles. The van der Waals surface area contributed by atoms with Crippen LogP contribution in [0.4, 0.5) is 0 Å². The summed E-state index contributed by atoms with van der Waals surface area (Å²) in [5, 5.41) is 13.6. The lowest BCUT2D eigenvalue weighted by molar-refractivity contribution is 0.197. The lowest BCUT2D eigenvalue weighted by Gasteiger charge is -2.31. The zero-order chi connectivity index (χ0) is 17.5. The van der Waals surface area contributed by atoms with Gasteiger partial charge in [0.05, 0.1) is 19.7 Å². The SMILES string of the molecule is COc1ccc2[nH]cc(C3CCN(Cc4nnnn4C4CC4)CC3)c2c1. The number of piperidine rings is 1. The Labute approximate surface area is 152 Å². The summed E-state index contributed by atoms with van der Waals surface area (Å²) in [4.78, 5) is 5.89. The monoisotopic (exact) mass is 352 g/mol. The molecule has 1 aliphatic heterocycles. The Kier molecular flexibility index (Phi) is 3.89. The minimum absolute atomic E-state index is 0.540. The van der Waals surface area contributed by atoms with Crippen LogP contribution in [0.2, 0.25) is 0 Å². The van der Waals surface area contributed by atoms with Crippen LogP contribution in [0, 0.1) is 0 Å². The molecule has 0 radical (unpaired) electrons. The molecule has 1 N–H and O–H groups in total. The standard InChI is InChI=1S/C19H24N6O/c1-26-15-4-5-18-16(10-15)17(11-20-18)13-6-8-24(9-7-13)12-19-21-22-23-25(19)14-2-3-14/h4-5,10-11,13-14,20H,2-3,6-9,12H2,1H3. The minimum atomic E-state index is 0.540. The van der Waals surface area contributed by atoms with Crippen molar-refractivity contribution in [3.05, 3.63) is 35.8 Å². The van der Waals surface area contributed by atoms with Crippen molar-refractivity contribution in [2.45, 2.75) is 44.2 Å². The third-order valence-electron chi connectivity index (χ3n) is 5.77. The van der Waals surface area contributed by atoms with Crippen LogP contribution in [-0.2, 0) is 6.54 Å². The fourth-order valence-corrected chi connectivity index (χ4v) is 4.11. The van der Waals surface area contributed by atoms with E-state index in [1.807, 2.05) is 10.7 Å². The summed E-state index contributed by atoms with van der Waals surface area (Å²) in [6, 6.07) is 6.80. The third-order valence-corrected chi connectivity index (χ3v) is 5.77. The molecule has 0 atom stereocenters. The average Bonchev–Trinajstić information content (AvgIpc) is 3.27. The van der Waals surface area contributed by atoms with Crippen LogP contribution in [0.3, 0.4) is 0 Å². The number of hydrogen-bond donors (Lipinski definition) is 1. The molecule has 136 valence electrons. The second-order valence-electron chi connectivity index (χ2n) is 7.48. The molecule has 1 saturated carbocycles. The molecule has 0 spiro atoms. The Morgan fingerprint density at radius 1 is 1.19 bits per heavy atom. The molecular weight excluding hydrogens is 328 g/mol. The molecule has 7 nitrogen and oxygen atoms in total. The van der Waals surface area contributed by atoms with Crippen LogP contribution < -0.4 is 4.74 Å².